The predicted molar refractivity (Wildman–Crippen MR) is 207 cm³/mol. The highest BCUT2D eigenvalue weighted by Crippen LogP contribution is 2.49. The van der Waals surface area contributed by atoms with Crippen molar-refractivity contribution in [1.29, 1.82) is 5.26 Å². The van der Waals surface area contributed by atoms with E-state index in [0.717, 1.165) is 77.9 Å². The lowest BCUT2D eigenvalue weighted by atomic mass is 9.72. The molecule has 1 spiro atoms. The van der Waals surface area contributed by atoms with Crippen LogP contribution in [0.1, 0.15) is 74.5 Å². The zero-order valence-corrected chi connectivity index (χ0v) is 31.4. The van der Waals surface area contributed by atoms with Crippen LogP contribution in [0, 0.1) is 11.3 Å². The summed E-state index contributed by atoms with van der Waals surface area (Å²) in [5.74, 6) is 0.780. The minimum atomic E-state index is -0.674. The van der Waals surface area contributed by atoms with E-state index in [9.17, 15) is 10.1 Å². The number of fused-ring (bicyclic) bond motifs is 4. The summed E-state index contributed by atoms with van der Waals surface area (Å²) in [6.07, 6.45) is 6.15. The van der Waals surface area contributed by atoms with E-state index in [-0.39, 0.29) is 5.91 Å². The second kappa shape index (κ2) is 14.7. The first-order valence-corrected chi connectivity index (χ1v) is 19.6. The number of anilines is 2. The molecule has 53 heavy (non-hydrogen) atoms. The molecule has 4 heterocycles. The zero-order chi connectivity index (χ0) is 36.5. The summed E-state index contributed by atoms with van der Waals surface area (Å²) in [5.41, 5.74) is 8.96. The molecule has 1 amide bonds. The number of amides is 1. The molecule has 1 aliphatic carbocycles. The number of nitriles is 1. The van der Waals surface area contributed by atoms with Gasteiger partial charge in [-0.2, -0.15) is 10.4 Å². The van der Waals surface area contributed by atoms with Gasteiger partial charge in [0.2, 0.25) is 0 Å². The number of nitrogens with zero attached hydrogens (tertiary/aromatic N) is 8. The van der Waals surface area contributed by atoms with E-state index >= 15 is 0 Å². The van der Waals surface area contributed by atoms with Crippen LogP contribution < -0.4 is 9.80 Å². The number of carbonyl (C=O) groups excluding carboxylic acids is 1. The number of hydrogen-bond donors (Lipinski definition) is 0. The molecule has 2 aromatic heterocycles. The molecule has 270 valence electrons. The van der Waals surface area contributed by atoms with Crippen molar-refractivity contribution in [3.05, 3.63) is 129 Å². The van der Waals surface area contributed by atoms with Gasteiger partial charge >= 0.3 is 0 Å². The summed E-state index contributed by atoms with van der Waals surface area (Å²) in [6, 6.07) is 29.9. The number of rotatable bonds is 8. The van der Waals surface area contributed by atoms with Crippen LogP contribution >= 0.6 is 11.8 Å². The fourth-order valence-corrected chi connectivity index (χ4v) is 8.61. The summed E-state index contributed by atoms with van der Waals surface area (Å²) < 4.78 is 9.05. The van der Waals surface area contributed by atoms with Crippen molar-refractivity contribution in [1.82, 2.24) is 24.6 Å². The molecule has 11 heteroatoms. The van der Waals surface area contributed by atoms with Gasteiger partial charge in [-0.25, -0.2) is 9.97 Å². The van der Waals surface area contributed by atoms with Crippen LogP contribution in [0.4, 0.5) is 11.5 Å². The molecule has 0 N–H and O–H groups in total. The van der Waals surface area contributed by atoms with Crippen molar-refractivity contribution in [2.24, 2.45) is 0 Å². The third kappa shape index (κ3) is 6.78. The average Bonchev–Trinajstić information content (AvgIpc) is 3.48. The summed E-state index contributed by atoms with van der Waals surface area (Å²) in [4.78, 5) is 29.1. The van der Waals surface area contributed by atoms with Gasteiger partial charge in [-0.3, -0.25) is 9.48 Å². The lowest BCUT2D eigenvalue weighted by molar-refractivity contribution is -0.0857. The van der Waals surface area contributed by atoms with Crippen LogP contribution in [0.3, 0.4) is 0 Å². The number of ether oxygens (including phenoxy) is 1. The van der Waals surface area contributed by atoms with Gasteiger partial charge in [0.15, 0.2) is 10.9 Å². The Hall–Kier alpha value is -5.18. The molecule has 1 unspecified atom stereocenters. The Balaban J connectivity index is 1.17. The van der Waals surface area contributed by atoms with Crippen LogP contribution in [-0.2, 0) is 56.0 Å². The number of aryl methyl sites for hydroxylation is 2. The van der Waals surface area contributed by atoms with Crippen molar-refractivity contribution in [2.45, 2.75) is 75.6 Å². The number of hydrogen-bond acceptors (Lipinski definition) is 9. The minimum absolute atomic E-state index is 0.101. The van der Waals surface area contributed by atoms with E-state index in [0.29, 0.717) is 43.9 Å². The van der Waals surface area contributed by atoms with Crippen LogP contribution in [0.5, 0.6) is 0 Å². The monoisotopic (exact) mass is 724 g/mol. The highest BCUT2D eigenvalue weighted by atomic mass is 32.2. The molecule has 1 atom stereocenters. The predicted octanol–water partition coefficient (Wildman–Crippen LogP) is 6.89. The normalized spacial score (nSPS) is 17.7. The van der Waals surface area contributed by atoms with Crippen molar-refractivity contribution in [3.8, 4) is 6.07 Å². The Morgan fingerprint density at radius 1 is 0.981 bits per heavy atom. The van der Waals surface area contributed by atoms with Gasteiger partial charge in [-0.1, -0.05) is 78.5 Å². The third-order valence-corrected chi connectivity index (χ3v) is 11.3. The van der Waals surface area contributed by atoms with Gasteiger partial charge in [-0.05, 0) is 60.8 Å². The Morgan fingerprint density at radius 3 is 2.40 bits per heavy atom. The van der Waals surface area contributed by atoms with Crippen LogP contribution in [0.15, 0.2) is 84.0 Å². The first-order valence-electron chi connectivity index (χ1n) is 18.4. The Morgan fingerprint density at radius 2 is 1.72 bits per heavy atom. The Kier molecular flexibility index (Phi) is 9.66. The maximum atomic E-state index is 12.8. The fourth-order valence-electron chi connectivity index (χ4n) is 8.24. The molecular formula is C42H44N8O2S. The van der Waals surface area contributed by atoms with Crippen LogP contribution in [0.2, 0.25) is 0 Å². The highest BCUT2D eigenvalue weighted by Gasteiger charge is 2.45. The SMILES string of the molecule is CSc1nc2c(c(N3CCCn4nc(C(=O)N(C)C)cc4C3)n1)COC1(CCCc3ccc(N(Cc4ccccc4)Cc4ccccc4)c(C#N)c31)C2. The molecule has 10 nitrogen and oxygen atoms in total. The summed E-state index contributed by atoms with van der Waals surface area (Å²) in [6.45, 7) is 3.81. The van der Waals surface area contributed by atoms with E-state index in [1.807, 2.05) is 29.1 Å². The minimum Gasteiger partial charge on any atom is -0.365 e. The fraction of sp³-hybridized carbons (Fsp3) is 0.357. The highest BCUT2D eigenvalue weighted by molar-refractivity contribution is 7.98. The summed E-state index contributed by atoms with van der Waals surface area (Å²) in [7, 11) is 3.50. The van der Waals surface area contributed by atoms with Gasteiger partial charge in [0.05, 0.1) is 35.8 Å². The number of benzene rings is 3. The van der Waals surface area contributed by atoms with Gasteiger partial charge in [-0.15, -0.1) is 0 Å². The van der Waals surface area contributed by atoms with E-state index in [1.165, 1.54) is 16.7 Å². The zero-order valence-electron chi connectivity index (χ0n) is 30.6. The molecule has 3 aliphatic rings. The molecule has 0 radical (unpaired) electrons. The maximum absolute atomic E-state index is 12.8. The van der Waals surface area contributed by atoms with E-state index < -0.39 is 5.60 Å². The van der Waals surface area contributed by atoms with Gasteiger partial charge in [0, 0.05) is 57.8 Å². The first-order chi connectivity index (χ1) is 25.9. The molecule has 2 aliphatic heterocycles. The maximum Gasteiger partial charge on any atom is 0.273 e. The topological polar surface area (TPSA) is 103 Å². The van der Waals surface area contributed by atoms with Crippen molar-refractivity contribution in [2.75, 3.05) is 36.7 Å². The van der Waals surface area contributed by atoms with Crippen molar-refractivity contribution >= 4 is 29.2 Å². The second-order valence-corrected chi connectivity index (χ2v) is 15.2. The molecule has 3 aromatic carbocycles. The standard InChI is InChI=1S/C42H44N8O2S/c1-47(2)40(51)35-22-32-27-48(20-11-21-50(32)46-35)39-34-28-52-42(23-36(34)44-41(45-39)53-3)19-10-16-31-17-18-37(33(24-43)38(31)42)49(25-29-12-6-4-7-13-29)26-30-14-8-5-9-15-30/h4-9,12-15,17-18,22H,10-11,16,19-21,23,25-28H2,1-3H3. The molecule has 5 aromatic rings. The molecule has 8 rings (SSSR count). The second-order valence-electron chi connectivity index (χ2n) is 14.4. The largest absolute Gasteiger partial charge is 0.365 e. The molecule has 0 fully saturated rings. The van der Waals surface area contributed by atoms with Crippen molar-refractivity contribution < 1.29 is 9.53 Å². The van der Waals surface area contributed by atoms with E-state index in [4.69, 9.17) is 14.7 Å². The molecular weight excluding hydrogens is 681 g/mol. The smallest absolute Gasteiger partial charge is 0.273 e. The quantitative estimate of drug-likeness (QED) is 0.125. The number of aromatic nitrogens is 4. The van der Waals surface area contributed by atoms with E-state index in [2.05, 4.69) is 81.6 Å². The number of carbonyl (C=O) groups is 1. The van der Waals surface area contributed by atoms with Gasteiger partial charge in [0.25, 0.3) is 5.91 Å². The van der Waals surface area contributed by atoms with Crippen LogP contribution in [-0.4, -0.2) is 57.5 Å². The number of thioether (sulfide) groups is 1. The Labute approximate surface area is 315 Å². The molecule has 0 saturated heterocycles. The lowest BCUT2D eigenvalue weighted by Gasteiger charge is -2.44. The van der Waals surface area contributed by atoms with Crippen LogP contribution in [0.25, 0.3) is 0 Å². The average molecular weight is 725 g/mol. The first kappa shape index (κ1) is 34.9. The Bertz CT molecular complexity index is 2140. The molecule has 0 bridgehead atoms. The van der Waals surface area contributed by atoms with Gasteiger partial charge in [0.1, 0.15) is 17.5 Å². The van der Waals surface area contributed by atoms with E-state index in [1.54, 1.807) is 30.8 Å². The van der Waals surface area contributed by atoms with Gasteiger partial charge < -0.3 is 19.4 Å². The third-order valence-electron chi connectivity index (χ3n) is 10.8. The summed E-state index contributed by atoms with van der Waals surface area (Å²) >= 11 is 1.54. The van der Waals surface area contributed by atoms with Crippen molar-refractivity contribution in [3.63, 3.8) is 0 Å². The lowest BCUT2D eigenvalue weighted by Crippen LogP contribution is -2.41. The molecule has 0 saturated carbocycles. The summed E-state index contributed by atoms with van der Waals surface area (Å²) in [5, 5.41) is 16.4.